The van der Waals surface area contributed by atoms with Gasteiger partial charge in [0.05, 0.1) is 18.9 Å². The molecule has 0 amide bonds. The monoisotopic (exact) mass is 354 g/mol. The van der Waals surface area contributed by atoms with Gasteiger partial charge in [-0.3, -0.25) is 0 Å². The second-order valence-corrected chi connectivity index (χ2v) is 8.55. The summed E-state index contributed by atoms with van der Waals surface area (Å²) >= 11 is 0. The topological polar surface area (TPSA) is 67.9 Å². The molecule has 1 N–H and O–H groups in total. The van der Waals surface area contributed by atoms with E-state index < -0.39 is 15.3 Å². The molecule has 0 spiro atoms. The van der Waals surface area contributed by atoms with E-state index in [1.54, 1.807) is 7.11 Å². The quantitative estimate of drug-likeness (QED) is 0.841. The molecule has 1 aromatic rings. The van der Waals surface area contributed by atoms with Gasteiger partial charge in [0.25, 0.3) is 0 Å². The Hall–Kier alpha value is -1.31. The third kappa shape index (κ3) is 3.68. The first-order valence-corrected chi connectivity index (χ1v) is 10.0. The first-order valence-electron chi connectivity index (χ1n) is 8.49. The van der Waals surface area contributed by atoms with Gasteiger partial charge in [0.2, 0.25) is 10.0 Å². The second kappa shape index (κ2) is 7.29. The van der Waals surface area contributed by atoms with Crippen LogP contribution in [0.1, 0.15) is 19.8 Å². The Balaban J connectivity index is 1.57. The molecule has 134 valence electrons. The zero-order chi connectivity index (χ0) is 17.2. The average Bonchev–Trinajstić information content (AvgIpc) is 3.22. The molecule has 7 heteroatoms. The van der Waals surface area contributed by atoms with Crippen molar-refractivity contribution in [3.05, 3.63) is 24.3 Å². The van der Waals surface area contributed by atoms with Crippen LogP contribution in [0.4, 0.5) is 5.69 Å². The van der Waals surface area contributed by atoms with Gasteiger partial charge in [-0.15, -0.1) is 0 Å². The highest BCUT2D eigenvalue weighted by atomic mass is 32.2. The van der Waals surface area contributed by atoms with Crippen LogP contribution in [-0.4, -0.2) is 53.1 Å². The van der Waals surface area contributed by atoms with Gasteiger partial charge < -0.3 is 14.4 Å². The van der Waals surface area contributed by atoms with Gasteiger partial charge in [-0.05, 0) is 37.8 Å². The molecule has 6 nitrogen and oxygen atoms in total. The van der Waals surface area contributed by atoms with E-state index in [-0.39, 0.29) is 6.10 Å². The number of hydrogen-bond donors (Lipinski definition) is 1. The maximum Gasteiger partial charge on any atom is 0.217 e. The number of para-hydroxylation sites is 2. The molecule has 2 fully saturated rings. The third-order valence-corrected chi connectivity index (χ3v) is 6.98. The molecule has 0 saturated carbocycles. The van der Waals surface area contributed by atoms with Gasteiger partial charge in [0, 0.05) is 26.2 Å². The fourth-order valence-corrected chi connectivity index (χ4v) is 5.24. The lowest BCUT2D eigenvalue weighted by Crippen LogP contribution is -2.40. The number of hydrogen-bond acceptors (Lipinski definition) is 5. The highest BCUT2D eigenvalue weighted by molar-refractivity contribution is 7.90. The van der Waals surface area contributed by atoms with Crippen LogP contribution < -0.4 is 14.4 Å². The predicted octanol–water partition coefficient (Wildman–Crippen LogP) is 1.62. The van der Waals surface area contributed by atoms with Gasteiger partial charge in [0.15, 0.2) is 0 Å². The molecule has 0 aromatic heterocycles. The van der Waals surface area contributed by atoms with E-state index in [9.17, 15) is 8.42 Å². The molecule has 2 aliphatic rings. The lowest BCUT2D eigenvalue weighted by Gasteiger charge is -2.22. The largest absolute Gasteiger partial charge is 0.495 e. The molecule has 0 radical (unpaired) electrons. The minimum Gasteiger partial charge on any atom is -0.495 e. The molecule has 2 saturated heterocycles. The van der Waals surface area contributed by atoms with E-state index in [0.717, 1.165) is 30.9 Å². The van der Waals surface area contributed by atoms with E-state index in [4.69, 9.17) is 9.47 Å². The van der Waals surface area contributed by atoms with Crippen molar-refractivity contribution >= 4 is 15.7 Å². The number of ether oxygens (including phenoxy) is 2. The van der Waals surface area contributed by atoms with Crippen molar-refractivity contribution in [2.75, 3.05) is 38.3 Å². The Morgan fingerprint density at radius 1 is 1.33 bits per heavy atom. The number of rotatable bonds is 6. The van der Waals surface area contributed by atoms with Crippen LogP contribution in [0.25, 0.3) is 0 Å². The number of sulfonamides is 1. The van der Waals surface area contributed by atoms with Crippen LogP contribution in [0.5, 0.6) is 5.75 Å². The van der Waals surface area contributed by atoms with Gasteiger partial charge in [0.1, 0.15) is 11.0 Å². The maximum absolute atomic E-state index is 12.4. The number of methoxy groups -OCH3 is 1. The first-order chi connectivity index (χ1) is 11.5. The summed E-state index contributed by atoms with van der Waals surface area (Å²) in [5.74, 6) is 1.16. The summed E-state index contributed by atoms with van der Waals surface area (Å²) in [7, 11) is -1.64. The zero-order valence-corrected chi connectivity index (χ0v) is 15.1. The molecule has 1 aromatic carbocycles. The van der Waals surface area contributed by atoms with Crippen LogP contribution >= 0.6 is 0 Å². The molecule has 3 rings (SSSR count). The molecular formula is C17H26N2O4S. The van der Waals surface area contributed by atoms with Gasteiger partial charge in [-0.2, -0.15) is 0 Å². The summed E-state index contributed by atoms with van der Waals surface area (Å²) in [6, 6.07) is 7.94. The smallest absolute Gasteiger partial charge is 0.217 e. The molecule has 0 aliphatic carbocycles. The molecule has 24 heavy (non-hydrogen) atoms. The minimum atomic E-state index is -3.31. The highest BCUT2D eigenvalue weighted by Crippen LogP contribution is 2.32. The van der Waals surface area contributed by atoms with E-state index in [0.29, 0.717) is 25.5 Å². The summed E-state index contributed by atoms with van der Waals surface area (Å²) < 4.78 is 38.5. The Labute approximate surface area is 144 Å². The lowest BCUT2D eigenvalue weighted by atomic mass is 10.1. The first kappa shape index (κ1) is 17.5. The summed E-state index contributed by atoms with van der Waals surface area (Å²) in [6.45, 7) is 4.58. The van der Waals surface area contributed by atoms with E-state index in [2.05, 4.69) is 9.62 Å². The van der Waals surface area contributed by atoms with Crippen LogP contribution in [0, 0.1) is 5.92 Å². The van der Waals surface area contributed by atoms with E-state index in [1.165, 1.54) is 0 Å². The molecule has 3 atom stereocenters. The number of nitrogens with one attached hydrogen (secondary N) is 1. The van der Waals surface area contributed by atoms with E-state index in [1.807, 2.05) is 31.2 Å². The molecule has 0 bridgehead atoms. The predicted molar refractivity (Wildman–Crippen MR) is 94.1 cm³/mol. The summed E-state index contributed by atoms with van der Waals surface area (Å²) in [5, 5.41) is -0.427. The molecule has 2 aliphatic heterocycles. The van der Waals surface area contributed by atoms with Crippen molar-refractivity contribution in [2.45, 2.75) is 31.1 Å². The van der Waals surface area contributed by atoms with Gasteiger partial charge in [-0.25, -0.2) is 13.1 Å². The number of anilines is 1. The summed E-state index contributed by atoms with van der Waals surface area (Å²) in [6.07, 6.45) is 1.32. The molecule has 0 unspecified atom stereocenters. The van der Waals surface area contributed by atoms with Gasteiger partial charge >= 0.3 is 0 Å². The minimum absolute atomic E-state index is 0.226. The Bertz CT molecular complexity index is 664. The fraction of sp³-hybridized carbons (Fsp3) is 0.647. The van der Waals surface area contributed by atoms with Crippen LogP contribution in [0.3, 0.4) is 0 Å². The number of nitrogens with zero attached hydrogens (tertiary/aromatic N) is 1. The standard InChI is InChI=1S/C17H26N2O4S/c1-13-17(8-10-23-13)24(20,21)18-11-14-7-9-19(12-14)15-5-3-4-6-16(15)22-2/h3-6,13-14,17-18H,7-12H2,1-2H3/t13-,14-,17+/m1/s1. The zero-order valence-electron chi connectivity index (χ0n) is 14.3. The number of benzene rings is 1. The third-order valence-electron chi connectivity index (χ3n) is 4.99. The highest BCUT2D eigenvalue weighted by Gasteiger charge is 2.36. The SMILES string of the molecule is COc1ccccc1N1CC[C@H](CNS(=O)(=O)[C@H]2CCO[C@@H]2C)C1. The molecule has 2 heterocycles. The van der Waals surface area contributed by atoms with Crippen molar-refractivity contribution in [3.63, 3.8) is 0 Å². The van der Waals surface area contributed by atoms with Crippen molar-refractivity contribution in [3.8, 4) is 5.75 Å². The van der Waals surface area contributed by atoms with Crippen molar-refractivity contribution in [1.82, 2.24) is 4.72 Å². The summed E-state index contributed by atoms with van der Waals surface area (Å²) in [4.78, 5) is 2.26. The Kier molecular flexibility index (Phi) is 5.32. The second-order valence-electron chi connectivity index (χ2n) is 6.57. The Morgan fingerprint density at radius 2 is 2.12 bits per heavy atom. The Morgan fingerprint density at radius 3 is 2.83 bits per heavy atom. The lowest BCUT2D eigenvalue weighted by molar-refractivity contribution is 0.126. The normalized spacial score (nSPS) is 27.6. The van der Waals surface area contributed by atoms with Crippen LogP contribution in [0.15, 0.2) is 24.3 Å². The average molecular weight is 354 g/mol. The molecular weight excluding hydrogens is 328 g/mol. The van der Waals surface area contributed by atoms with E-state index >= 15 is 0 Å². The van der Waals surface area contributed by atoms with Crippen LogP contribution in [0.2, 0.25) is 0 Å². The summed E-state index contributed by atoms with van der Waals surface area (Å²) in [5.41, 5.74) is 1.07. The van der Waals surface area contributed by atoms with Crippen LogP contribution in [-0.2, 0) is 14.8 Å². The maximum atomic E-state index is 12.4. The van der Waals surface area contributed by atoms with Gasteiger partial charge in [-0.1, -0.05) is 12.1 Å². The fourth-order valence-electron chi connectivity index (χ4n) is 3.57. The van der Waals surface area contributed by atoms with Crippen molar-refractivity contribution in [2.24, 2.45) is 5.92 Å². The van der Waals surface area contributed by atoms with Crippen molar-refractivity contribution < 1.29 is 17.9 Å². The van der Waals surface area contributed by atoms with Crippen molar-refractivity contribution in [1.29, 1.82) is 0 Å².